The van der Waals surface area contributed by atoms with Crippen LogP contribution >= 0.6 is 22.9 Å². The molecule has 0 fully saturated rings. The summed E-state index contributed by atoms with van der Waals surface area (Å²) in [7, 11) is 0. The van der Waals surface area contributed by atoms with Crippen molar-refractivity contribution in [2.75, 3.05) is 6.54 Å². The molecule has 0 amide bonds. The molecule has 0 aromatic carbocycles. The molecule has 3 aromatic heterocycles. The summed E-state index contributed by atoms with van der Waals surface area (Å²) in [5.74, 6) is 0.837. The summed E-state index contributed by atoms with van der Waals surface area (Å²) in [5.41, 5.74) is 3.49. The first kappa shape index (κ1) is 14.8. The molecule has 0 saturated carbocycles. The van der Waals surface area contributed by atoms with E-state index in [-0.39, 0.29) is 0 Å². The van der Waals surface area contributed by atoms with Crippen molar-refractivity contribution in [1.82, 2.24) is 19.9 Å². The van der Waals surface area contributed by atoms with E-state index >= 15 is 0 Å². The van der Waals surface area contributed by atoms with E-state index in [2.05, 4.69) is 26.3 Å². The smallest absolute Gasteiger partial charge is 0.169 e. The molecule has 0 bridgehead atoms. The highest BCUT2D eigenvalue weighted by molar-refractivity contribution is 7.13. The Morgan fingerprint density at radius 3 is 3.04 bits per heavy atom. The van der Waals surface area contributed by atoms with Gasteiger partial charge in [0.15, 0.2) is 5.82 Å². The average molecular weight is 343 g/mol. The second kappa shape index (κ2) is 6.35. The Kier molecular flexibility index (Phi) is 4.08. The topological polar surface area (TPSA) is 41.9 Å². The molecule has 4 rings (SSSR count). The van der Waals surface area contributed by atoms with Crippen molar-refractivity contribution in [3.63, 3.8) is 0 Å². The van der Waals surface area contributed by atoms with Crippen LogP contribution in [0.25, 0.3) is 10.7 Å². The maximum Gasteiger partial charge on any atom is 0.169 e. The van der Waals surface area contributed by atoms with Gasteiger partial charge in [0.05, 0.1) is 15.6 Å². The van der Waals surface area contributed by atoms with Gasteiger partial charge in [0, 0.05) is 50.2 Å². The van der Waals surface area contributed by atoms with Gasteiger partial charge in [-0.25, -0.2) is 9.97 Å². The first-order valence-corrected chi connectivity index (χ1v) is 8.75. The van der Waals surface area contributed by atoms with Crippen LogP contribution in [0, 0.1) is 0 Å². The molecule has 1 aliphatic rings. The fourth-order valence-corrected chi connectivity index (χ4v) is 3.65. The monoisotopic (exact) mass is 342 g/mol. The molecule has 0 spiro atoms. The lowest BCUT2D eigenvalue weighted by molar-refractivity contribution is 0.243. The predicted octanol–water partition coefficient (Wildman–Crippen LogP) is 3.81. The molecule has 116 valence electrons. The lowest BCUT2D eigenvalue weighted by atomic mass is 10.1. The third-order valence-corrected chi connectivity index (χ3v) is 5.21. The highest BCUT2D eigenvalue weighted by Gasteiger charge is 2.19. The van der Waals surface area contributed by atoms with Crippen molar-refractivity contribution >= 4 is 22.9 Å². The van der Waals surface area contributed by atoms with Crippen LogP contribution in [0.4, 0.5) is 0 Å². The number of hydrogen-bond acceptors (Lipinski definition) is 5. The van der Waals surface area contributed by atoms with Crippen LogP contribution in [0.3, 0.4) is 0 Å². The number of thiophene rings is 1. The van der Waals surface area contributed by atoms with Gasteiger partial charge in [0.2, 0.25) is 0 Å². The number of halogens is 1. The molecule has 0 saturated heterocycles. The molecule has 1 aliphatic heterocycles. The zero-order chi connectivity index (χ0) is 15.6. The summed E-state index contributed by atoms with van der Waals surface area (Å²) in [4.78, 5) is 16.8. The Hall–Kier alpha value is -1.82. The minimum Gasteiger partial charge on any atom is -0.294 e. The van der Waals surface area contributed by atoms with E-state index in [0.717, 1.165) is 47.3 Å². The normalized spacial score (nSPS) is 14.7. The number of rotatable bonds is 3. The number of pyridine rings is 1. The first-order chi connectivity index (χ1) is 11.3. The number of aromatic nitrogens is 3. The van der Waals surface area contributed by atoms with E-state index in [9.17, 15) is 0 Å². The van der Waals surface area contributed by atoms with Crippen LogP contribution in [-0.2, 0) is 19.5 Å². The van der Waals surface area contributed by atoms with Crippen LogP contribution in [0.1, 0.15) is 16.8 Å². The van der Waals surface area contributed by atoms with E-state index < -0.39 is 0 Å². The highest BCUT2D eigenvalue weighted by Crippen LogP contribution is 2.25. The SMILES string of the molecule is Clc1cnccc1CN1CCc2nc(-c3cccs3)ncc2C1. The average Bonchev–Trinajstić information content (AvgIpc) is 3.11. The van der Waals surface area contributed by atoms with E-state index in [1.807, 2.05) is 18.3 Å². The van der Waals surface area contributed by atoms with Gasteiger partial charge in [0.1, 0.15) is 0 Å². The number of nitrogens with zero attached hydrogens (tertiary/aromatic N) is 4. The molecule has 3 aromatic rings. The van der Waals surface area contributed by atoms with Crippen LogP contribution in [0.15, 0.2) is 42.2 Å². The van der Waals surface area contributed by atoms with Gasteiger partial charge in [-0.15, -0.1) is 11.3 Å². The molecular formula is C17H15ClN4S. The maximum absolute atomic E-state index is 6.21. The summed E-state index contributed by atoms with van der Waals surface area (Å²) < 4.78 is 0. The molecule has 0 N–H and O–H groups in total. The molecule has 4 heterocycles. The van der Waals surface area contributed by atoms with Crippen molar-refractivity contribution in [2.24, 2.45) is 0 Å². The van der Waals surface area contributed by atoms with Gasteiger partial charge in [-0.05, 0) is 23.1 Å². The maximum atomic E-state index is 6.21. The zero-order valence-corrected chi connectivity index (χ0v) is 14.0. The molecular weight excluding hydrogens is 328 g/mol. The lowest BCUT2D eigenvalue weighted by Crippen LogP contribution is -2.31. The molecule has 23 heavy (non-hydrogen) atoms. The Bertz CT molecular complexity index is 819. The van der Waals surface area contributed by atoms with Gasteiger partial charge < -0.3 is 0 Å². The summed E-state index contributed by atoms with van der Waals surface area (Å²) in [6.07, 6.45) is 6.40. The molecule has 4 nitrogen and oxygen atoms in total. The van der Waals surface area contributed by atoms with E-state index in [1.165, 1.54) is 11.3 Å². The largest absolute Gasteiger partial charge is 0.294 e. The second-order valence-corrected chi connectivity index (χ2v) is 6.93. The van der Waals surface area contributed by atoms with Crippen molar-refractivity contribution in [3.8, 4) is 10.7 Å². The van der Waals surface area contributed by atoms with Crippen molar-refractivity contribution in [1.29, 1.82) is 0 Å². The Morgan fingerprint density at radius 1 is 1.26 bits per heavy atom. The number of fused-ring (bicyclic) bond motifs is 1. The lowest BCUT2D eigenvalue weighted by Gasteiger charge is -2.28. The first-order valence-electron chi connectivity index (χ1n) is 7.49. The highest BCUT2D eigenvalue weighted by atomic mass is 35.5. The second-order valence-electron chi connectivity index (χ2n) is 5.57. The van der Waals surface area contributed by atoms with E-state index in [1.54, 1.807) is 23.7 Å². The Labute approximate surface area is 143 Å². The van der Waals surface area contributed by atoms with Crippen molar-refractivity contribution in [3.05, 3.63) is 64.0 Å². The summed E-state index contributed by atoms with van der Waals surface area (Å²) >= 11 is 7.88. The number of hydrogen-bond donors (Lipinski definition) is 0. The molecule has 0 radical (unpaired) electrons. The third-order valence-electron chi connectivity index (χ3n) is 4.00. The quantitative estimate of drug-likeness (QED) is 0.725. The van der Waals surface area contributed by atoms with Crippen molar-refractivity contribution in [2.45, 2.75) is 19.5 Å². The zero-order valence-electron chi connectivity index (χ0n) is 12.4. The fraction of sp³-hybridized carbons (Fsp3) is 0.235. The van der Waals surface area contributed by atoms with Crippen LogP contribution < -0.4 is 0 Å². The van der Waals surface area contributed by atoms with E-state index in [0.29, 0.717) is 0 Å². The van der Waals surface area contributed by atoms with Gasteiger partial charge in [-0.1, -0.05) is 17.7 Å². The summed E-state index contributed by atoms with van der Waals surface area (Å²) in [5, 5.41) is 2.78. The summed E-state index contributed by atoms with van der Waals surface area (Å²) in [6.45, 7) is 2.67. The third kappa shape index (κ3) is 3.13. The summed E-state index contributed by atoms with van der Waals surface area (Å²) in [6, 6.07) is 6.07. The molecule has 0 atom stereocenters. The molecule has 0 unspecified atom stereocenters. The van der Waals surface area contributed by atoms with E-state index in [4.69, 9.17) is 16.6 Å². The van der Waals surface area contributed by atoms with Crippen LogP contribution in [0.5, 0.6) is 0 Å². The molecule has 6 heteroatoms. The fourth-order valence-electron chi connectivity index (χ4n) is 2.81. The Balaban J connectivity index is 1.53. The van der Waals surface area contributed by atoms with Crippen LogP contribution in [0.2, 0.25) is 5.02 Å². The van der Waals surface area contributed by atoms with Crippen molar-refractivity contribution < 1.29 is 0 Å². The minimum atomic E-state index is 0.725. The Morgan fingerprint density at radius 2 is 2.22 bits per heavy atom. The minimum absolute atomic E-state index is 0.725. The predicted molar refractivity (Wildman–Crippen MR) is 92.4 cm³/mol. The van der Waals surface area contributed by atoms with Gasteiger partial charge in [-0.2, -0.15) is 0 Å². The van der Waals surface area contributed by atoms with Gasteiger partial charge >= 0.3 is 0 Å². The van der Waals surface area contributed by atoms with Gasteiger partial charge in [-0.3, -0.25) is 9.88 Å². The standard InChI is InChI=1S/C17H15ClN4S/c18-14-9-19-5-3-12(14)10-22-6-4-15-13(11-22)8-20-17(21-15)16-2-1-7-23-16/h1-3,5,7-9H,4,6,10-11H2. The molecule has 0 aliphatic carbocycles. The van der Waals surface area contributed by atoms with Gasteiger partial charge in [0.25, 0.3) is 0 Å². The van der Waals surface area contributed by atoms with Crippen LogP contribution in [-0.4, -0.2) is 26.4 Å².